The van der Waals surface area contributed by atoms with Crippen molar-refractivity contribution in [1.82, 2.24) is 9.88 Å². The summed E-state index contributed by atoms with van der Waals surface area (Å²) in [5.74, 6) is 0.708. The molecule has 1 saturated carbocycles. The predicted octanol–water partition coefficient (Wildman–Crippen LogP) is 5.29. The summed E-state index contributed by atoms with van der Waals surface area (Å²) >= 11 is 1.64. The number of nitrogens with one attached hydrogen (secondary N) is 1. The Kier molecular flexibility index (Phi) is 8.34. The monoisotopic (exact) mass is 474 g/mol. The van der Waals surface area contributed by atoms with Gasteiger partial charge in [-0.2, -0.15) is 0 Å². The van der Waals surface area contributed by atoms with Gasteiger partial charge >= 0.3 is 0 Å². The molecule has 1 aromatic heterocycles. The van der Waals surface area contributed by atoms with E-state index in [4.69, 9.17) is 9.72 Å². The van der Waals surface area contributed by atoms with Crippen molar-refractivity contribution in [1.29, 1.82) is 0 Å². The highest BCUT2D eigenvalue weighted by Crippen LogP contribution is 2.30. The molecule has 3 aromatic rings. The van der Waals surface area contributed by atoms with Crippen LogP contribution in [0.25, 0.3) is 10.2 Å². The van der Waals surface area contributed by atoms with Crippen LogP contribution in [-0.4, -0.2) is 56.1 Å². The highest BCUT2D eigenvalue weighted by atomic mass is 35.5. The summed E-state index contributed by atoms with van der Waals surface area (Å²) in [5, 5.41) is 3.98. The number of fused-ring (bicyclic) bond motifs is 1. The lowest BCUT2D eigenvalue weighted by Gasteiger charge is -2.18. The van der Waals surface area contributed by atoms with Gasteiger partial charge in [-0.3, -0.25) is 4.79 Å². The predicted molar refractivity (Wildman–Crippen MR) is 136 cm³/mol. The molecule has 1 amide bonds. The van der Waals surface area contributed by atoms with Crippen LogP contribution in [0.3, 0.4) is 0 Å². The van der Waals surface area contributed by atoms with E-state index in [1.54, 1.807) is 11.3 Å². The van der Waals surface area contributed by atoms with Gasteiger partial charge in [0.05, 0.1) is 16.3 Å². The second kappa shape index (κ2) is 11.0. The van der Waals surface area contributed by atoms with Crippen molar-refractivity contribution in [3.63, 3.8) is 0 Å². The Morgan fingerprint density at radius 2 is 1.81 bits per heavy atom. The van der Waals surface area contributed by atoms with Crippen LogP contribution in [0, 0.1) is 0 Å². The van der Waals surface area contributed by atoms with Crippen molar-refractivity contribution in [2.24, 2.45) is 0 Å². The number of amides is 1. The van der Waals surface area contributed by atoms with Crippen LogP contribution >= 0.6 is 23.7 Å². The van der Waals surface area contributed by atoms with Crippen molar-refractivity contribution in [2.45, 2.75) is 31.8 Å². The highest BCUT2D eigenvalue weighted by molar-refractivity contribution is 7.22. The molecule has 0 unspecified atom stereocenters. The molecule has 1 N–H and O–H groups in total. The summed E-state index contributed by atoms with van der Waals surface area (Å²) < 4.78 is 7.04. The summed E-state index contributed by atoms with van der Waals surface area (Å²) in [5.41, 5.74) is 2.34. The lowest BCUT2D eigenvalue weighted by Crippen LogP contribution is -2.28. The minimum atomic E-state index is -0.125. The van der Waals surface area contributed by atoms with Crippen LogP contribution in [0.4, 0.5) is 10.8 Å². The van der Waals surface area contributed by atoms with E-state index in [0.29, 0.717) is 11.7 Å². The van der Waals surface area contributed by atoms with Gasteiger partial charge in [-0.15, -0.1) is 12.4 Å². The molecule has 1 heterocycles. The molecule has 4 rings (SSSR count). The fourth-order valence-electron chi connectivity index (χ4n) is 3.69. The van der Waals surface area contributed by atoms with Crippen molar-refractivity contribution in [3.05, 3.63) is 48.0 Å². The number of benzene rings is 2. The number of nitrogens with zero attached hydrogens (tertiary/aromatic N) is 3. The minimum Gasteiger partial charge on any atom is -0.490 e. The third kappa shape index (κ3) is 6.12. The molecule has 0 spiro atoms. The molecule has 6 nitrogen and oxygen atoms in total. The van der Waals surface area contributed by atoms with Gasteiger partial charge in [0, 0.05) is 31.4 Å². The zero-order chi connectivity index (χ0) is 21.8. The quantitative estimate of drug-likeness (QED) is 0.480. The maximum atomic E-state index is 12.7. The Bertz CT molecular complexity index is 1030. The molecular formula is C24H31ClN4O2S. The van der Waals surface area contributed by atoms with Gasteiger partial charge in [0.25, 0.3) is 5.91 Å². The van der Waals surface area contributed by atoms with E-state index in [1.165, 1.54) is 12.8 Å². The van der Waals surface area contributed by atoms with E-state index < -0.39 is 0 Å². The number of hydrogen-bond acceptors (Lipinski definition) is 6. The van der Waals surface area contributed by atoms with E-state index in [1.807, 2.05) is 42.5 Å². The fraction of sp³-hybridized carbons (Fsp3) is 0.417. The first-order valence-corrected chi connectivity index (χ1v) is 11.6. The third-order valence-corrected chi connectivity index (χ3v) is 6.70. The summed E-state index contributed by atoms with van der Waals surface area (Å²) in [6.07, 6.45) is 5.04. The van der Waals surface area contributed by atoms with E-state index in [9.17, 15) is 4.79 Å². The number of aromatic nitrogens is 1. The van der Waals surface area contributed by atoms with Gasteiger partial charge in [-0.25, -0.2) is 4.98 Å². The smallest absolute Gasteiger partial charge is 0.255 e. The number of carbonyl (C=O) groups is 1. The molecule has 0 saturated heterocycles. The number of hydrogen-bond donors (Lipinski definition) is 1. The Morgan fingerprint density at radius 1 is 1.09 bits per heavy atom. The number of carbonyl (C=O) groups excluding carboxylic acids is 1. The number of rotatable bonds is 8. The topological polar surface area (TPSA) is 57.7 Å². The van der Waals surface area contributed by atoms with Gasteiger partial charge in [-0.1, -0.05) is 11.3 Å². The normalized spacial score (nSPS) is 13.9. The number of likely N-dealkylation sites (N-methyl/N-ethyl adjacent to an activating group) is 2. The Balaban J connectivity index is 0.00000289. The fourth-order valence-corrected chi connectivity index (χ4v) is 4.68. The second-order valence-corrected chi connectivity index (χ2v) is 9.42. The van der Waals surface area contributed by atoms with Crippen molar-refractivity contribution in [2.75, 3.05) is 44.4 Å². The number of halogens is 1. The Morgan fingerprint density at radius 3 is 2.50 bits per heavy atom. The molecule has 1 aliphatic carbocycles. The van der Waals surface area contributed by atoms with Gasteiger partial charge < -0.3 is 19.9 Å². The van der Waals surface area contributed by atoms with E-state index in [0.717, 1.165) is 52.7 Å². The molecule has 0 bridgehead atoms. The zero-order valence-corrected chi connectivity index (χ0v) is 20.5. The Labute approximate surface area is 200 Å². The molecule has 2 aromatic carbocycles. The Hall–Kier alpha value is -2.35. The number of anilines is 2. The third-order valence-electron chi connectivity index (χ3n) is 5.57. The molecule has 1 aliphatic rings. The highest BCUT2D eigenvalue weighted by Gasteiger charge is 2.17. The molecule has 0 atom stereocenters. The average Bonchev–Trinajstić information content (AvgIpc) is 3.42. The van der Waals surface area contributed by atoms with Gasteiger partial charge in [0.1, 0.15) is 5.75 Å². The molecule has 0 radical (unpaired) electrons. The summed E-state index contributed by atoms with van der Waals surface area (Å²) in [6.45, 7) is 1.88. The molecule has 8 heteroatoms. The minimum absolute atomic E-state index is 0. The van der Waals surface area contributed by atoms with Crippen molar-refractivity contribution < 1.29 is 9.53 Å². The lowest BCUT2D eigenvalue weighted by molar-refractivity contribution is 0.102. The van der Waals surface area contributed by atoms with Crippen LogP contribution < -0.4 is 15.0 Å². The van der Waals surface area contributed by atoms with Crippen LogP contribution in [0.1, 0.15) is 36.0 Å². The largest absolute Gasteiger partial charge is 0.490 e. The van der Waals surface area contributed by atoms with Crippen LogP contribution in [0.5, 0.6) is 5.75 Å². The maximum Gasteiger partial charge on any atom is 0.255 e. The SMILES string of the molecule is CN(C)CCN(C)c1nc2ccc(NC(=O)c3ccc(OC4CCCC4)cc3)cc2s1.Cl. The molecule has 172 valence electrons. The van der Waals surface area contributed by atoms with E-state index in [2.05, 4.69) is 36.3 Å². The van der Waals surface area contributed by atoms with Crippen LogP contribution in [0.15, 0.2) is 42.5 Å². The van der Waals surface area contributed by atoms with E-state index >= 15 is 0 Å². The van der Waals surface area contributed by atoms with Gasteiger partial charge in [0.15, 0.2) is 5.13 Å². The summed E-state index contributed by atoms with van der Waals surface area (Å²) in [4.78, 5) is 21.7. The second-order valence-electron chi connectivity index (χ2n) is 8.41. The van der Waals surface area contributed by atoms with Crippen LogP contribution in [-0.2, 0) is 0 Å². The maximum absolute atomic E-state index is 12.7. The lowest BCUT2D eigenvalue weighted by atomic mass is 10.2. The molecule has 32 heavy (non-hydrogen) atoms. The van der Waals surface area contributed by atoms with E-state index in [-0.39, 0.29) is 18.3 Å². The number of ether oxygens (including phenoxy) is 1. The zero-order valence-electron chi connectivity index (χ0n) is 18.8. The van der Waals surface area contributed by atoms with Crippen molar-refractivity contribution >= 4 is 50.7 Å². The van der Waals surface area contributed by atoms with Crippen molar-refractivity contribution in [3.8, 4) is 5.75 Å². The van der Waals surface area contributed by atoms with Gasteiger partial charge in [-0.05, 0) is 82.2 Å². The molecular weight excluding hydrogens is 444 g/mol. The summed E-state index contributed by atoms with van der Waals surface area (Å²) in [6, 6.07) is 13.3. The first-order chi connectivity index (χ1) is 15.0. The summed E-state index contributed by atoms with van der Waals surface area (Å²) in [7, 11) is 6.19. The first-order valence-electron chi connectivity index (χ1n) is 10.8. The molecule has 0 aliphatic heterocycles. The molecule has 1 fully saturated rings. The van der Waals surface area contributed by atoms with Crippen LogP contribution in [0.2, 0.25) is 0 Å². The first kappa shape index (κ1) is 24.3. The standard InChI is InChI=1S/C24H30N4O2S.ClH/c1-27(2)14-15-28(3)24-26-21-13-10-18(16-22(21)31-24)25-23(29)17-8-11-20(12-9-17)30-19-6-4-5-7-19;/h8-13,16,19H,4-7,14-15H2,1-3H3,(H,25,29);1H. The van der Waals surface area contributed by atoms with Gasteiger partial charge in [0.2, 0.25) is 0 Å². The number of thiazole rings is 1. The average molecular weight is 475 g/mol.